The molecule has 0 fully saturated rings. The van der Waals surface area contributed by atoms with Crippen molar-refractivity contribution in [3.63, 3.8) is 0 Å². The summed E-state index contributed by atoms with van der Waals surface area (Å²) in [4.78, 5) is 54.7. The van der Waals surface area contributed by atoms with Gasteiger partial charge in [-0.2, -0.15) is 0 Å². The van der Waals surface area contributed by atoms with E-state index >= 15 is 0 Å². The summed E-state index contributed by atoms with van der Waals surface area (Å²) in [6, 6.07) is 22.4. The molecule has 2 N–H and O–H groups in total. The summed E-state index contributed by atoms with van der Waals surface area (Å²) in [5, 5.41) is 5.97. The summed E-state index contributed by atoms with van der Waals surface area (Å²) in [6.45, 7) is 14.8. The second kappa shape index (κ2) is 23.5. The van der Waals surface area contributed by atoms with Gasteiger partial charge in [-0.25, -0.2) is 4.79 Å². The zero-order valence-corrected chi connectivity index (χ0v) is 35.6. The molecule has 0 radical (unpaired) electrons. The molecule has 2 atom stereocenters. The van der Waals surface area contributed by atoms with Crippen molar-refractivity contribution in [2.45, 2.75) is 79.8 Å². The smallest absolute Gasteiger partial charge is 0.328 e. The van der Waals surface area contributed by atoms with E-state index in [1.807, 2.05) is 86.6 Å². The SMILES string of the molecule is CC[C@@H](CC(=O)OCOC(=O)CN(C)C(=O)CCCOP(C)(=O)OCc1ccccc1)c1ccc(N(CC(C)C)CC(C)C)c(NC(=O)Nc2ccc(C)cc2)c1. The van der Waals surface area contributed by atoms with Crippen LogP contribution in [-0.4, -0.2) is 75.5 Å². The van der Waals surface area contributed by atoms with Crippen molar-refractivity contribution < 1.29 is 42.3 Å². The molecule has 57 heavy (non-hydrogen) atoms. The highest BCUT2D eigenvalue weighted by molar-refractivity contribution is 7.52. The third-order valence-electron chi connectivity index (χ3n) is 8.87. The number of anilines is 3. The van der Waals surface area contributed by atoms with Crippen molar-refractivity contribution in [2.75, 3.05) is 62.3 Å². The minimum absolute atomic E-state index is 0.0204. The standard InChI is InChI=1S/C43H61N4O9P/c1-9-35(36-19-22-39(47(26-31(2)3)27-32(4)5)38(24-36)45-43(51)44-37-20-17-33(6)18-21-37)25-41(49)53-30-54-42(50)28-46(7)40(48)16-13-23-55-57(8,52)56-29-34-14-11-10-12-15-34/h10-12,14-15,17-22,24,31-32,35H,9,13,16,23,25-30H2,1-8H3,(H2,44,45,51)/t35-,57?/m0/s1. The average Bonchev–Trinajstić information content (AvgIpc) is 3.15. The number of hydrogen-bond acceptors (Lipinski definition) is 10. The quantitative estimate of drug-likeness (QED) is 0.0411. The molecule has 0 bridgehead atoms. The van der Waals surface area contributed by atoms with Gasteiger partial charge in [-0.15, -0.1) is 0 Å². The van der Waals surface area contributed by atoms with Crippen LogP contribution < -0.4 is 15.5 Å². The van der Waals surface area contributed by atoms with Crippen LogP contribution in [-0.2, 0) is 44.1 Å². The van der Waals surface area contributed by atoms with Gasteiger partial charge < -0.3 is 39.0 Å². The summed E-state index contributed by atoms with van der Waals surface area (Å²) >= 11 is 0. The van der Waals surface area contributed by atoms with E-state index in [0.29, 0.717) is 29.6 Å². The van der Waals surface area contributed by atoms with E-state index in [9.17, 15) is 23.7 Å². The number of nitrogens with one attached hydrogen (secondary N) is 2. The predicted octanol–water partition coefficient (Wildman–Crippen LogP) is 8.98. The molecule has 3 aromatic carbocycles. The zero-order valence-electron chi connectivity index (χ0n) is 34.7. The number of carbonyl (C=O) groups excluding carboxylic acids is 4. The molecule has 0 saturated heterocycles. The largest absolute Gasteiger partial charge is 0.428 e. The fourth-order valence-electron chi connectivity index (χ4n) is 5.95. The second-order valence-electron chi connectivity index (χ2n) is 15.1. The maximum Gasteiger partial charge on any atom is 0.328 e. The number of urea groups is 1. The maximum absolute atomic E-state index is 13.2. The number of rotatable bonds is 23. The van der Waals surface area contributed by atoms with Gasteiger partial charge in [0.25, 0.3) is 0 Å². The summed E-state index contributed by atoms with van der Waals surface area (Å²) in [7, 11) is -1.85. The molecule has 0 saturated carbocycles. The van der Waals surface area contributed by atoms with E-state index in [0.717, 1.165) is 35.5 Å². The number of carbonyl (C=O) groups is 4. The monoisotopic (exact) mass is 808 g/mol. The zero-order chi connectivity index (χ0) is 42.0. The van der Waals surface area contributed by atoms with E-state index in [2.05, 4.69) is 43.2 Å². The number of amides is 3. The van der Waals surface area contributed by atoms with Crippen LogP contribution in [0.5, 0.6) is 0 Å². The molecule has 0 aromatic heterocycles. The van der Waals surface area contributed by atoms with Crippen LogP contribution in [0.25, 0.3) is 0 Å². The Kier molecular flexibility index (Phi) is 19.2. The second-order valence-corrected chi connectivity index (χ2v) is 17.2. The molecular weight excluding hydrogens is 747 g/mol. The van der Waals surface area contributed by atoms with E-state index in [1.54, 1.807) is 0 Å². The highest BCUT2D eigenvalue weighted by atomic mass is 31.2. The number of aryl methyl sites for hydroxylation is 1. The first-order chi connectivity index (χ1) is 27.0. The van der Waals surface area contributed by atoms with E-state index in [4.69, 9.17) is 18.5 Å². The molecule has 0 spiro atoms. The number of likely N-dealkylation sites (N-methyl/N-ethyl adjacent to an activating group) is 1. The van der Waals surface area contributed by atoms with Crippen molar-refractivity contribution in [1.29, 1.82) is 0 Å². The molecule has 3 amide bonds. The Hall–Kier alpha value is -4.71. The van der Waals surface area contributed by atoms with Gasteiger partial charge >= 0.3 is 25.6 Å². The molecule has 0 aliphatic carbocycles. The fourth-order valence-corrected chi connectivity index (χ4v) is 6.87. The number of ether oxygens (including phenoxy) is 2. The number of benzene rings is 3. The summed E-state index contributed by atoms with van der Waals surface area (Å²) in [5.74, 6) is -1.11. The van der Waals surface area contributed by atoms with Crippen molar-refractivity contribution in [3.8, 4) is 0 Å². The third-order valence-corrected chi connectivity index (χ3v) is 10.1. The van der Waals surface area contributed by atoms with E-state index in [-0.39, 0.29) is 56.9 Å². The lowest BCUT2D eigenvalue weighted by Crippen LogP contribution is -2.33. The van der Waals surface area contributed by atoms with E-state index < -0.39 is 26.3 Å². The first-order valence-corrected chi connectivity index (χ1v) is 21.5. The molecule has 1 unspecified atom stereocenters. The maximum atomic E-state index is 13.2. The van der Waals surface area contributed by atoms with Gasteiger partial charge in [0.05, 0.1) is 31.0 Å². The molecule has 3 aromatic rings. The number of esters is 2. The van der Waals surface area contributed by atoms with Crippen LogP contribution in [0, 0.1) is 18.8 Å². The fraction of sp³-hybridized carbons (Fsp3) is 0.488. The molecule has 3 rings (SSSR count). The minimum atomic E-state index is -3.31. The van der Waals surface area contributed by atoms with Crippen LogP contribution in [0.2, 0.25) is 0 Å². The van der Waals surface area contributed by atoms with Crippen LogP contribution in [0.3, 0.4) is 0 Å². The Bertz CT molecular complexity index is 1780. The minimum Gasteiger partial charge on any atom is -0.428 e. The van der Waals surface area contributed by atoms with Gasteiger partial charge in [-0.1, -0.05) is 88.7 Å². The van der Waals surface area contributed by atoms with Crippen molar-refractivity contribution in [1.82, 2.24) is 4.90 Å². The van der Waals surface area contributed by atoms with Gasteiger partial charge in [0.15, 0.2) is 0 Å². The summed E-state index contributed by atoms with van der Waals surface area (Å²) in [6.07, 6.45) is 0.959. The highest BCUT2D eigenvalue weighted by Gasteiger charge is 2.22. The Balaban J connectivity index is 1.51. The third kappa shape index (κ3) is 17.5. The summed E-state index contributed by atoms with van der Waals surface area (Å²) in [5.41, 5.74) is 4.98. The molecule has 13 nitrogen and oxygen atoms in total. The molecular formula is C43H61N4O9P. The Morgan fingerprint density at radius 3 is 2.11 bits per heavy atom. The van der Waals surface area contributed by atoms with Crippen LogP contribution in [0.15, 0.2) is 72.8 Å². The van der Waals surface area contributed by atoms with Gasteiger partial charge in [0.1, 0.15) is 6.54 Å². The molecule has 312 valence electrons. The topological polar surface area (TPSA) is 153 Å². The van der Waals surface area contributed by atoms with Gasteiger partial charge in [-0.05, 0) is 72.9 Å². The van der Waals surface area contributed by atoms with Crippen LogP contribution in [0.1, 0.15) is 82.9 Å². The number of nitrogens with zero attached hydrogens (tertiary/aromatic N) is 2. The first kappa shape index (κ1) is 46.7. The Morgan fingerprint density at radius 2 is 1.47 bits per heavy atom. The summed E-state index contributed by atoms with van der Waals surface area (Å²) < 4.78 is 33.7. The predicted molar refractivity (Wildman–Crippen MR) is 224 cm³/mol. The first-order valence-electron chi connectivity index (χ1n) is 19.5. The van der Waals surface area contributed by atoms with Gasteiger partial charge in [0.2, 0.25) is 12.7 Å². The Morgan fingerprint density at radius 1 is 0.825 bits per heavy atom. The van der Waals surface area contributed by atoms with Crippen molar-refractivity contribution >= 4 is 48.5 Å². The van der Waals surface area contributed by atoms with Crippen molar-refractivity contribution in [3.05, 3.63) is 89.5 Å². The van der Waals surface area contributed by atoms with Crippen LogP contribution >= 0.6 is 7.60 Å². The normalized spacial score (nSPS) is 12.7. The van der Waals surface area contributed by atoms with Crippen molar-refractivity contribution in [2.24, 2.45) is 11.8 Å². The average molecular weight is 809 g/mol. The number of hydrogen-bond donors (Lipinski definition) is 2. The molecule has 0 aliphatic rings. The molecule has 0 aliphatic heterocycles. The lowest BCUT2D eigenvalue weighted by Gasteiger charge is -2.31. The molecule has 14 heteroatoms. The Labute approximate surface area is 338 Å². The molecule has 0 heterocycles. The lowest BCUT2D eigenvalue weighted by molar-refractivity contribution is -0.169. The van der Waals surface area contributed by atoms with Crippen LogP contribution in [0.4, 0.5) is 21.9 Å². The van der Waals surface area contributed by atoms with Gasteiger partial charge in [0, 0.05) is 38.9 Å². The highest BCUT2D eigenvalue weighted by Crippen LogP contribution is 2.44. The lowest BCUT2D eigenvalue weighted by atomic mass is 9.92. The van der Waals surface area contributed by atoms with Gasteiger partial charge in [-0.3, -0.25) is 18.9 Å². The van der Waals surface area contributed by atoms with E-state index in [1.165, 1.54) is 18.6 Å².